The highest BCUT2D eigenvalue weighted by molar-refractivity contribution is 5.56. The zero-order chi connectivity index (χ0) is 21.2. The second-order valence-corrected chi connectivity index (χ2v) is 10.1. The molecule has 162 valence electrons. The summed E-state index contributed by atoms with van der Waals surface area (Å²) in [6.07, 6.45) is 7.34. The summed E-state index contributed by atoms with van der Waals surface area (Å²) in [5.41, 5.74) is 6.61. The maximum atomic E-state index is 10.7. The molecule has 4 heteroatoms. The number of aryl methyl sites for hydroxylation is 1. The van der Waals surface area contributed by atoms with Gasteiger partial charge in [0.1, 0.15) is 5.75 Å². The Kier molecular flexibility index (Phi) is 4.28. The fourth-order valence-electron chi connectivity index (χ4n) is 6.91. The van der Waals surface area contributed by atoms with Gasteiger partial charge in [0.05, 0.1) is 0 Å². The van der Waals surface area contributed by atoms with Crippen LogP contribution in [-0.4, -0.2) is 11.9 Å². The number of rotatable bonds is 3. The highest BCUT2D eigenvalue weighted by Gasteiger charge is 2.51. The molecule has 2 aromatic carbocycles. The maximum absolute atomic E-state index is 10.7. The fraction of sp³-hybridized carbons (Fsp3) is 0.481. The molecule has 2 fully saturated rings. The van der Waals surface area contributed by atoms with Gasteiger partial charge < -0.3 is 19.9 Å². The van der Waals surface area contributed by atoms with Crippen molar-refractivity contribution in [3.05, 3.63) is 59.2 Å². The van der Waals surface area contributed by atoms with Gasteiger partial charge >= 0.3 is 0 Å². The molecule has 2 saturated carbocycles. The lowest BCUT2D eigenvalue weighted by molar-refractivity contribution is 0.0816. The van der Waals surface area contributed by atoms with Gasteiger partial charge in [0.25, 0.3) is 0 Å². The molecular weight excluding hydrogens is 386 g/mol. The van der Waals surface area contributed by atoms with Gasteiger partial charge in [-0.1, -0.05) is 19.1 Å². The van der Waals surface area contributed by atoms with Gasteiger partial charge in [-0.05, 0) is 97.1 Å². The smallest absolute Gasteiger partial charge is 0.231 e. The quantitative estimate of drug-likeness (QED) is 0.589. The van der Waals surface area contributed by atoms with Crippen LogP contribution in [0.3, 0.4) is 0 Å². The summed E-state index contributed by atoms with van der Waals surface area (Å²) in [6, 6.07) is 10.2. The number of hydrogen-bond donors (Lipinski definition) is 2. The highest BCUT2D eigenvalue weighted by atomic mass is 16.7. The molecule has 0 spiro atoms. The number of nitrogens with one attached hydrogen (secondary N) is 1. The average molecular weight is 418 g/mol. The van der Waals surface area contributed by atoms with E-state index in [-0.39, 0.29) is 6.79 Å². The summed E-state index contributed by atoms with van der Waals surface area (Å²) >= 11 is 0. The molecule has 2 N–H and O–H groups in total. The molecular formula is C27H31NO3. The van der Waals surface area contributed by atoms with Crippen molar-refractivity contribution in [2.24, 2.45) is 17.3 Å². The third-order valence-electron chi connectivity index (χ3n) is 8.73. The topological polar surface area (TPSA) is 50.7 Å². The van der Waals surface area contributed by atoms with E-state index in [1.807, 2.05) is 24.3 Å². The summed E-state index contributed by atoms with van der Waals surface area (Å²) in [4.78, 5) is 0. The first-order valence-corrected chi connectivity index (χ1v) is 11.7. The Hall–Kier alpha value is -2.62. The number of allylic oxidation sites excluding steroid dienone is 1. The van der Waals surface area contributed by atoms with Crippen molar-refractivity contribution in [2.45, 2.75) is 57.9 Å². The predicted molar refractivity (Wildman–Crippen MR) is 122 cm³/mol. The van der Waals surface area contributed by atoms with Crippen LogP contribution in [0.5, 0.6) is 17.2 Å². The summed E-state index contributed by atoms with van der Waals surface area (Å²) in [6.45, 7) is 7.77. The molecule has 0 saturated heterocycles. The van der Waals surface area contributed by atoms with Gasteiger partial charge in [-0.25, -0.2) is 0 Å². The zero-order valence-corrected chi connectivity index (χ0v) is 18.2. The first-order valence-electron chi connectivity index (χ1n) is 11.7. The summed E-state index contributed by atoms with van der Waals surface area (Å²) < 4.78 is 10.9. The largest absolute Gasteiger partial charge is 0.508 e. The molecule has 3 aliphatic carbocycles. The number of benzene rings is 2. The molecule has 1 heterocycles. The average Bonchev–Trinajstić information content (AvgIpc) is 3.36. The van der Waals surface area contributed by atoms with Crippen molar-refractivity contribution in [1.29, 1.82) is 0 Å². The van der Waals surface area contributed by atoms with Crippen LogP contribution in [-0.2, 0) is 13.0 Å². The SMILES string of the molecule is C=C1CC[C@H]2[C@@H]3CCc4cc(O)c(CNc5ccc6c(c5)OCO6)cc4[C@H]3CC[C@]12C. The van der Waals surface area contributed by atoms with Gasteiger partial charge in [0, 0.05) is 23.9 Å². The minimum absolute atomic E-state index is 0.278. The minimum Gasteiger partial charge on any atom is -0.508 e. The van der Waals surface area contributed by atoms with Crippen LogP contribution < -0.4 is 14.8 Å². The first kappa shape index (κ1) is 19.1. The number of aromatic hydroxyl groups is 1. The third kappa shape index (κ3) is 2.95. The van der Waals surface area contributed by atoms with Crippen LogP contribution in [0.4, 0.5) is 5.69 Å². The molecule has 2 aromatic rings. The van der Waals surface area contributed by atoms with Crippen molar-refractivity contribution < 1.29 is 14.6 Å². The molecule has 6 rings (SSSR count). The summed E-state index contributed by atoms with van der Waals surface area (Å²) in [5, 5.41) is 14.2. The number of phenols is 1. The zero-order valence-electron chi connectivity index (χ0n) is 18.2. The number of hydrogen-bond acceptors (Lipinski definition) is 4. The van der Waals surface area contributed by atoms with Crippen LogP contribution in [0.25, 0.3) is 0 Å². The molecule has 1 aliphatic heterocycles. The molecule has 4 aliphatic rings. The van der Waals surface area contributed by atoms with Crippen LogP contribution >= 0.6 is 0 Å². The molecule has 4 atom stereocenters. The van der Waals surface area contributed by atoms with E-state index < -0.39 is 0 Å². The molecule has 0 aromatic heterocycles. The number of phenolic OH excluding ortho intramolecular Hbond substituents is 1. The Balaban J connectivity index is 1.25. The second kappa shape index (κ2) is 6.94. The molecule has 4 nitrogen and oxygen atoms in total. The third-order valence-corrected chi connectivity index (χ3v) is 8.73. The van der Waals surface area contributed by atoms with Gasteiger partial charge in [-0.15, -0.1) is 0 Å². The molecule has 31 heavy (non-hydrogen) atoms. The van der Waals surface area contributed by atoms with E-state index in [0.717, 1.165) is 41.0 Å². The van der Waals surface area contributed by atoms with Crippen LogP contribution in [0, 0.1) is 17.3 Å². The first-order chi connectivity index (χ1) is 15.0. The van der Waals surface area contributed by atoms with E-state index in [0.29, 0.717) is 23.6 Å². The van der Waals surface area contributed by atoms with E-state index in [1.54, 1.807) is 0 Å². The van der Waals surface area contributed by atoms with E-state index in [2.05, 4.69) is 24.9 Å². The van der Waals surface area contributed by atoms with Crippen molar-refractivity contribution >= 4 is 5.69 Å². The van der Waals surface area contributed by atoms with Gasteiger partial charge in [-0.3, -0.25) is 0 Å². The van der Waals surface area contributed by atoms with E-state index >= 15 is 0 Å². The van der Waals surface area contributed by atoms with Gasteiger partial charge in [-0.2, -0.15) is 0 Å². The van der Waals surface area contributed by atoms with Gasteiger partial charge in [0.15, 0.2) is 11.5 Å². The molecule has 0 bridgehead atoms. The van der Waals surface area contributed by atoms with Gasteiger partial charge in [0.2, 0.25) is 6.79 Å². The molecule has 0 radical (unpaired) electrons. The summed E-state index contributed by atoms with van der Waals surface area (Å²) in [7, 11) is 0. The lowest BCUT2D eigenvalue weighted by atomic mass is 9.55. The van der Waals surface area contributed by atoms with Crippen LogP contribution in [0.15, 0.2) is 42.5 Å². The Morgan fingerprint density at radius 3 is 2.87 bits per heavy atom. The number of ether oxygens (including phenoxy) is 2. The summed E-state index contributed by atoms with van der Waals surface area (Å²) in [5.74, 6) is 4.11. The Bertz CT molecular complexity index is 1060. The lowest BCUT2D eigenvalue weighted by Crippen LogP contribution is -2.40. The Labute approximate surface area is 184 Å². The Morgan fingerprint density at radius 1 is 1.10 bits per heavy atom. The number of anilines is 1. The fourth-order valence-corrected chi connectivity index (χ4v) is 6.91. The van der Waals surface area contributed by atoms with E-state index in [1.165, 1.54) is 48.8 Å². The normalized spacial score (nSPS) is 30.5. The number of fused-ring (bicyclic) bond motifs is 6. The standard InChI is InChI=1S/C27H31NO3/c1-16-3-7-23-21-6-4-17-12-24(29)18(11-22(17)20(21)9-10-27(16,23)2)14-28-19-5-8-25-26(13-19)31-15-30-25/h5,8,11-13,20-21,23,28-29H,1,3-4,6-7,9-10,14-15H2,2H3/t20-,21+,23-,27+/m0/s1. The minimum atomic E-state index is 0.278. The van der Waals surface area contributed by atoms with E-state index in [9.17, 15) is 5.11 Å². The highest BCUT2D eigenvalue weighted by Crippen LogP contribution is 2.62. The lowest BCUT2D eigenvalue weighted by Gasteiger charge is -2.49. The predicted octanol–water partition coefficient (Wildman–Crippen LogP) is 6.15. The van der Waals surface area contributed by atoms with Crippen LogP contribution in [0.2, 0.25) is 0 Å². The van der Waals surface area contributed by atoms with Crippen molar-refractivity contribution in [2.75, 3.05) is 12.1 Å². The van der Waals surface area contributed by atoms with Crippen LogP contribution in [0.1, 0.15) is 61.6 Å². The van der Waals surface area contributed by atoms with Crippen molar-refractivity contribution in [1.82, 2.24) is 0 Å². The van der Waals surface area contributed by atoms with Crippen molar-refractivity contribution in [3.8, 4) is 17.2 Å². The van der Waals surface area contributed by atoms with Crippen molar-refractivity contribution in [3.63, 3.8) is 0 Å². The maximum Gasteiger partial charge on any atom is 0.231 e. The monoisotopic (exact) mass is 417 g/mol. The molecule has 0 amide bonds. The second-order valence-electron chi connectivity index (χ2n) is 10.1. The Morgan fingerprint density at radius 2 is 1.97 bits per heavy atom. The van der Waals surface area contributed by atoms with E-state index in [4.69, 9.17) is 9.47 Å². The molecule has 0 unspecified atom stereocenters.